The molecule has 0 fully saturated rings. The molecule has 0 saturated heterocycles. The average Bonchev–Trinajstić information content (AvgIpc) is 2.14. The van der Waals surface area contributed by atoms with Crippen LogP contribution in [-0.2, 0) is 0 Å². The van der Waals surface area contributed by atoms with E-state index in [2.05, 4.69) is 41.9 Å². The molecule has 1 aromatic carbocycles. The van der Waals surface area contributed by atoms with E-state index in [-0.39, 0.29) is 9.70 Å². The van der Waals surface area contributed by atoms with Crippen molar-refractivity contribution in [2.75, 3.05) is 0 Å². The molecule has 0 aliphatic heterocycles. The van der Waals surface area contributed by atoms with E-state index in [0.717, 1.165) is 0 Å². The molecule has 0 nitrogen and oxygen atoms in total. The Balaban J connectivity index is 2.66. The van der Waals surface area contributed by atoms with Crippen molar-refractivity contribution < 1.29 is 0 Å². The molecule has 1 rings (SSSR count). The van der Waals surface area contributed by atoms with Crippen molar-refractivity contribution in [2.24, 2.45) is 0 Å². The third kappa shape index (κ3) is 3.85. The lowest BCUT2D eigenvalue weighted by atomic mass is 10.1. The van der Waals surface area contributed by atoms with Gasteiger partial charge in [-0.25, -0.2) is 0 Å². The SMILES string of the molecule is CC(C)(Br)C(Cl)C=Cc1ccccc1. The molecule has 0 N–H and O–H groups in total. The van der Waals surface area contributed by atoms with Crippen molar-refractivity contribution in [3.63, 3.8) is 0 Å². The van der Waals surface area contributed by atoms with E-state index in [4.69, 9.17) is 11.6 Å². The molecule has 0 heterocycles. The van der Waals surface area contributed by atoms with Crippen LogP contribution >= 0.6 is 27.5 Å². The van der Waals surface area contributed by atoms with Gasteiger partial charge in [-0.05, 0) is 19.4 Å². The lowest BCUT2D eigenvalue weighted by Gasteiger charge is -2.19. The third-order valence-corrected chi connectivity index (χ3v) is 3.36. The second-order valence-electron chi connectivity index (χ2n) is 3.74. The molecule has 2 heteroatoms. The van der Waals surface area contributed by atoms with E-state index < -0.39 is 0 Å². The second-order valence-corrected chi connectivity index (χ2v) is 6.25. The Morgan fingerprint density at radius 2 is 1.86 bits per heavy atom. The quantitative estimate of drug-likeness (QED) is 0.712. The van der Waals surface area contributed by atoms with Gasteiger partial charge < -0.3 is 0 Å². The van der Waals surface area contributed by atoms with Gasteiger partial charge in [0.1, 0.15) is 0 Å². The van der Waals surface area contributed by atoms with Gasteiger partial charge in [0.2, 0.25) is 0 Å². The van der Waals surface area contributed by atoms with Crippen LogP contribution in [-0.4, -0.2) is 9.70 Å². The lowest BCUT2D eigenvalue weighted by molar-refractivity contribution is 0.753. The van der Waals surface area contributed by atoms with Crippen LogP contribution in [0.5, 0.6) is 0 Å². The zero-order valence-corrected chi connectivity index (χ0v) is 10.7. The Hall–Kier alpha value is -0.270. The fraction of sp³-hybridized carbons (Fsp3) is 0.333. The molecule has 0 spiro atoms. The predicted molar refractivity (Wildman–Crippen MR) is 68.1 cm³/mol. The van der Waals surface area contributed by atoms with Gasteiger partial charge in [0.15, 0.2) is 0 Å². The highest BCUT2D eigenvalue weighted by molar-refractivity contribution is 9.10. The number of alkyl halides is 2. The normalized spacial score (nSPS) is 14.6. The number of halogens is 2. The van der Waals surface area contributed by atoms with Gasteiger partial charge in [0, 0.05) is 4.32 Å². The van der Waals surface area contributed by atoms with Crippen molar-refractivity contribution in [1.82, 2.24) is 0 Å². The van der Waals surface area contributed by atoms with E-state index >= 15 is 0 Å². The van der Waals surface area contributed by atoms with Crippen LogP contribution in [0, 0.1) is 0 Å². The number of rotatable bonds is 3. The first-order chi connectivity index (χ1) is 6.50. The van der Waals surface area contributed by atoms with E-state index in [1.165, 1.54) is 5.56 Å². The van der Waals surface area contributed by atoms with Gasteiger partial charge in [-0.3, -0.25) is 0 Å². The Labute approximate surface area is 99.1 Å². The number of allylic oxidation sites excluding steroid dienone is 1. The smallest absolute Gasteiger partial charge is 0.0667 e. The minimum atomic E-state index is -0.0696. The van der Waals surface area contributed by atoms with Crippen molar-refractivity contribution in [1.29, 1.82) is 0 Å². The summed E-state index contributed by atoms with van der Waals surface area (Å²) >= 11 is 9.71. The molecule has 0 bridgehead atoms. The van der Waals surface area contributed by atoms with Gasteiger partial charge in [-0.1, -0.05) is 58.4 Å². The maximum Gasteiger partial charge on any atom is 0.0667 e. The molecule has 1 aromatic rings. The van der Waals surface area contributed by atoms with Crippen LogP contribution < -0.4 is 0 Å². The van der Waals surface area contributed by atoms with Crippen LogP contribution in [0.3, 0.4) is 0 Å². The van der Waals surface area contributed by atoms with Crippen LogP contribution in [0.2, 0.25) is 0 Å². The summed E-state index contributed by atoms with van der Waals surface area (Å²) in [5.74, 6) is 0. The number of benzene rings is 1. The molecule has 76 valence electrons. The van der Waals surface area contributed by atoms with Crippen LogP contribution in [0.25, 0.3) is 6.08 Å². The molecule has 0 aliphatic rings. The summed E-state index contributed by atoms with van der Waals surface area (Å²) in [5.41, 5.74) is 1.18. The summed E-state index contributed by atoms with van der Waals surface area (Å²) in [6.07, 6.45) is 4.05. The molecule has 0 aromatic heterocycles. The summed E-state index contributed by atoms with van der Waals surface area (Å²) in [6, 6.07) is 10.1. The van der Waals surface area contributed by atoms with E-state index in [1.807, 2.05) is 30.4 Å². The van der Waals surface area contributed by atoms with E-state index in [1.54, 1.807) is 0 Å². The first kappa shape index (κ1) is 11.8. The lowest BCUT2D eigenvalue weighted by Crippen LogP contribution is -2.22. The standard InChI is InChI=1S/C12H14BrCl/c1-12(2,13)11(14)9-8-10-6-4-3-5-7-10/h3-9,11H,1-2H3. The zero-order chi connectivity index (χ0) is 10.6. The van der Waals surface area contributed by atoms with E-state index in [9.17, 15) is 0 Å². The maximum atomic E-state index is 6.17. The van der Waals surface area contributed by atoms with Gasteiger partial charge in [0.25, 0.3) is 0 Å². The van der Waals surface area contributed by atoms with Gasteiger partial charge in [-0.15, -0.1) is 11.6 Å². The number of hydrogen-bond acceptors (Lipinski definition) is 0. The van der Waals surface area contributed by atoms with Crippen LogP contribution in [0.4, 0.5) is 0 Å². The van der Waals surface area contributed by atoms with Crippen molar-refractivity contribution in [2.45, 2.75) is 23.5 Å². The zero-order valence-electron chi connectivity index (χ0n) is 8.37. The Kier molecular flexibility index (Phi) is 4.21. The first-order valence-electron chi connectivity index (χ1n) is 4.56. The van der Waals surface area contributed by atoms with Crippen LogP contribution in [0.15, 0.2) is 36.4 Å². The number of hydrogen-bond donors (Lipinski definition) is 0. The average molecular weight is 274 g/mol. The highest BCUT2D eigenvalue weighted by Gasteiger charge is 2.21. The largest absolute Gasteiger partial charge is 0.117 e. The first-order valence-corrected chi connectivity index (χ1v) is 5.79. The molecule has 0 aliphatic carbocycles. The topological polar surface area (TPSA) is 0 Å². The van der Waals surface area contributed by atoms with Crippen molar-refractivity contribution in [3.05, 3.63) is 42.0 Å². The molecule has 0 amide bonds. The fourth-order valence-electron chi connectivity index (χ4n) is 0.989. The molecular weight excluding hydrogens is 259 g/mol. The van der Waals surface area contributed by atoms with Gasteiger partial charge in [0.05, 0.1) is 5.38 Å². The Morgan fingerprint density at radius 3 is 2.36 bits per heavy atom. The molecule has 0 radical (unpaired) electrons. The minimum absolute atomic E-state index is 0.0114. The van der Waals surface area contributed by atoms with Gasteiger partial charge >= 0.3 is 0 Å². The third-order valence-electron chi connectivity index (χ3n) is 1.91. The highest BCUT2D eigenvalue weighted by Crippen LogP contribution is 2.26. The monoisotopic (exact) mass is 272 g/mol. The summed E-state index contributed by atoms with van der Waals surface area (Å²) in [7, 11) is 0. The molecule has 1 atom stereocenters. The fourth-order valence-corrected chi connectivity index (χ4v) is 1.21. The second kappa shape index (κ2) is 4.99. The molecular formula is C12H14BrCl. The predicted octanol–water partition coefficient (Wildman–Crippen LogP) is 4.48. The molecule has 1 unspecified atom stereocenters. The van der Waals surface area contributed by atoms with Crippen LogP contribution in [0.1, 0.15) is 19.4 Å². The van der Waals surface area contributed by atoms with Crippen molar-refractivity contribution in [3.8, 4) is 0 Å². The summed E-state index contributed by atoms with van der Waals surface area (Å²) < 4.78 is -0.0696. The summed E-state index contributed by atoms with van der Waals surface area (Å²) in [4.78, 5) is 0. The minimum Gasteiger partial charge on any atom is -0.117 e. The van der Waals surface area contributed by atoms with Crippen molar-refractivity contribution >= 4 is 33.6 Å². The summed E-state index contributed by atoms with van der Waals surface area (Å²) in [6.45, 7) is 4.11. The Morgan fingerprint density at radius 1 is 1.29 bits per heavy atom. The molecule has 14 heavy (non-hydrogen) atoms. The maximum absolute atomic E-state index is 6.17. The van der Waals surface area contributed by atoms with E-state index in [0.29, 0.717) is 0 Å². The highest BCUT2D eigenvalue weighted by atomic mass is 79.9. The Bertz CT molecular complexity index is 298. The molecule has 0 saturated carbocycles. The summed E-state index contributed by atoms with van der Waals surface area (Å²) in [5, 5.41) is -0.0114. The van der Waals surface area contributed by atoms with Gasteiger partial charge in [-0.2, -0.15) is 0 Å².